The quantitative estimate of drug-likeness (QED) is 0.656. The molecule has 2 heterocycles. The standard InChI is InChI=1S/C23H25N5O2/c1-17(18-10-12-20(13-11-18)28-16-24-15-25-28)26(2)23(30)21-9-6-14-27(21)22(29)19-7-4-3-5-8-19/h3-5,7-8,10-13,15-17,21H,6,9,14H2,1-2H3. The third kappa shape index (κ3) is 3.83. The summed E-state index contributed by atoms with van der Waals surface area (Å²) in [5.41, 5.74) is 2.55. The smallest absolute Gasteiger partial charge is 0.254 e. The lowest BCUT2D eigenvalue weighted by Crippen LogP contribution is -2.47. The Labute approximate surface area is 175 Å². The summed E-state index contributed by atoms with van der Waals surface area (Å²) in [4.78, 5) is 33.6. The summed E-state index contributed by atoms with van der Waals surface area (Å²) in [6.07, 6.45) is 4.67. The van der Waals surface area contributed by atoms with Crippen molar-refractivity contribution in [3.63, 3.8) is 0 Å². The second-order valence-electron chi connectivity index (χ2n) is 7.58. The van der Waals surface area contributed by atoms with Crippen LogP contribution in [-0.4, -0.2) is 56.0 Å². The Morgan fingerprint density at radius 2 is 1.83 bits per heavy atom. The largest absolute Gasteiger partial charge is 0.337 e. The zero-order valence-electron chi connectivity index (χ0n) is 17.2. The van der Waals surface area contributed by atoms with Crippen molar-refractivity contribution in [2.24, 2.45) is 0 Å². The Hall–Kier alpha value is -3.48. The van der Waals surface area contributed by atoms with Crippen LogP contribution in [-0.2, 0) is 4.79 Å². The Morgan fingerprint density at radius 3 is 2.50 bits per heavy atom. The summed E-state index contributed by atoms with van der Waals surface area (Å²) in [6.45, 7) is 2.61. The van der Waals surface area contributed by atoms with Gasteiger partial charge in [0.25, 0.3) is 5.91 Å². The maximum absolute atomic E-state index is 13.3. The molecule has 7 nitrogen and oxygen atoms in total. The van der Waals surface area contributed by atoms with Crippen molar-refractivity contribution in [3.8, 4) is 5.69 Å². The number of benzene rings is 2. The Morgan fingerprint density at radius 1 is 1.10 bits per heavy atom. The molecule has 0 aliphatic carbocycles. The molecular weight excluding hydrogens is 378 g/mol. The highest BCUT2D eigenvalue weighted by atomic mass is 16.2. The lowest BCUT2D eigenvalue weighted by Gasteiger charge is -2.32. The lowest BCUT2D eigenvalue weighted by atomic mass is 10.0. The molecule has 1 saturated heterocycles. The number of likely N-dealkylation sites (N-methyl/N-ethyl adjacent to an activating group) is 1. The van der Waals surface area contributed by atoms with Crippen LogP contribution in [0.4, 0.5) is 0 Å². The number of hydrogen-bond donors (Lipinski definition) is 0. The average Bonchev–Trinajstić information content (AvgIpc) is 3.50. The fourth-order valence-corrected chi connectivity index (χ4v) is 3.91. The maximum atomic E-state index is 13.3. The predicted octanol–water partition coefficient (Wildman–Crippen LogP) is 3.09. The summed E-state index contributed by atoms with van der Waals surface area (Å²) >= 11 is 0. The molecule has 1 aromatic heterocycles. The molecule has 3 aromatic rings. The van der Waals surface area contributed by atoms with Gasteiger partial charge in [-0.05, 0) is 49.6 Å². The molecule has 2 unspecified atom stereocenters. The molecule has 2 amide bonds. The van der Waals surface area contributed by atoms with E-state index < -0.39 is 6.04 Å². The van der Waals surface area contributed by atoms with Gasteiger partial charge in [0.15, 0.2) is 0 Å². The number of amides is 2. The predicted molar refractivity (Wildman–Crippen MR) is 113 cm³/mol. The van der Waals surface area contributed by atoms with E-state index in [0.717, 1.165) is 17.7 Å². The molecule has 2 atom stereocenters. The molecule has 30 heavy (non-hydrogen) atoms. The third-order valence-corrected chi connectivity index (χ3v) is 5.81. The molecule has 4 rings (SSSR count). The number of carbonyl (C=O) groups is 2. The number of rotatable bonds is 5. The zero-order chi connectivity index (χ0) is 21.1. The van der Waals surface area contributed by atoms with E-state index in [1.165, 1.54) is 6.33 Å². The van der Waals surface area contributed by atoms with E-state index in [-0.39, 0.29) is 17.9 Å². The van der Waals surface area contributed by atoms with Crippen molar-refractivity contribution in [1.29, 1.82) is 0 Å². The lowest BCUT2D eigenvalue weighted by molar-refractivity contribution is -0.135. The molecule has 0 saturated carbocycles. The van der Waals surface area contributed by atoms with Gasteiger partial charge in [-0.2, -0.15) is 5.10 Å². The van der Waals surface area contributed by atoms with Crippen LogP contribution in [0.2, 0.25) is 0 Å². The van der Waals surface area contributed by atoms with E-state index in [1.807, 2.05) is 56.4 Å². The molecule has 1 aliphatic heterocycles. The monoisotopic (exact) mass is 403 g/mol. The van der Waals surface area contributed by atoms with E-state index in [9.17, 15) is 9.59 Å². The van der Waals surface area contributed by atoms with Gasteiger partial charge in [0.2, 0.25) is 5.91 Å². The minimum absolute atomic E-state index is 0.0235. The fraction of sp³-hybridized carbons (Fsp3) is 0.304. The highest BCUT2D eigenvalue weighted by Gasteiger charge is 2.37. The summed E-state index contributed by atoms with van der Waals surface area (Å²) in [7, 11) is 1.81. The van der Waals surface area contributed by atoms with Crippen LogP contribution in [0.5, 0.6) is 0 Å². The van der Waals surface area contributed by atoms with Gasteiger partial charge < -0.3 is 9.80 Å². The summed E-state index contributed by atoms with van der Waals surface area (Å²) in [5.74, 6) is -0.102. The van der Waals surface area contributed by atoms with E-state index in [2.05, 4.69) is 10.1 Å². The Balaban J connectivity index is 1.47. The third-order valence-electron chi connectivity index (χ3n) is 5.81. The number of hydrogen-bond acceptors (Lipinski definition) is 4. The van der Waals surface area contributed by atoms with Crippen LogP contribution < -0.4 is 0 Å². The van der Waals surface area contributed by atoms with Gasteiger partial charge in [0.1, 0.15) is 18.7 Å². The van der Waals surface area contributed by atoms with Gasteiger partial charge in [-0.3, -0.25) is 9.59 Å². The van der Waals surface area contributed by atoms with Crippen molar-refractivity contribution in [3.05, 3.63) is 78.4 Å². The van der Waals surface area contributed by atoms with Crippen molar-refractivity contribution < 1.29 is 9.59 Å². The Bertz CT molecular complexity index is 1000. The fourth-order valence-electron chi connectivity index (χ4n) is 3.91. The van der Waals surface area contributed by atoms with E-state index >= 15 is 0 Å². The second-order valence-corrected chi connectivity index (χ2v) is 7.58. The summed E-state index contributed by atoms with van der Waals surface area (Å²) in [6, 6.07) is 16.5. The first-order valence-electron chi connectivity index (χ1n) is 10.1. The first kappa shape index (κ1) is 19.8. The van der Waals surface area contributed by atoms with Gasteiger partial charge >= 0.3 is 0 Å². The van der Waals surface area contributed by atoms with E-state index in [1.54, 1.807) is 32.9 Å². The average molecular weight is 403 g/mol. The van der Waals surface area contributed by atoms with Crippen molar-refractivity contribution >= 4 is 11.8 Å². The van der Waals surface area contributed by atoms with Crippen molar-refractivity contribution in [2.45, 2.75) is 31.8 Å². The zero-order valence-corrected chi connectivity index (χ0v) is 17.2. The highest BCUT2D eigenvalue weighted by molar-refractivity contribution is 5.98. The normalized spacial score (nSPS) is 17.0. The first-order chi connectivity index (χ1) is 14.6. The summed E-state index contributed by atoms with van der Waals surface area (Å²) in [5, 5.41) is 4.13. The topological polar surface area (TPSA) is 71.3 Å². The molecule has 1 fully saturated rings. The van der Waals surface area contributed by atoms with Crippen LogP contribution in [0, 0.1) is 0 Å². The van der Waals surface area contributed by atoms with Gasteiger partial charge in [-0.15, -0.1) is 0 Å². The molecule has 2 aromatic carbocycles. The molecule has 0 spiro atoms. The molecule has 0 bridgehead atoms. The van der Waals surface area contributed by atoms with Crippen LogP contribution in [0.25, 0.3) is 5.69 Å². The van der Waals surface area contributed by atoms with E-state index in [4.69, 9.17) is 0 Å². The van der Waals surface area contributed by atoms with Gasteiger partial charge in [0.05, 0.1) is 11.7 Å². The molecule has 7 heteroatoms. The number of nitrogens with zero attached hydrogens (tertiary/aromatic N) is 5. The molecule has 0 radical (unpaired) electrons. The van der Waals surface area contributed by atoms with Gasteiger partial charge in [-0.1, -0.05) is 30.3 Å². The van der Waals surface area contributed by atoms with Gasteiger partial charge in [-0.25, -0.2) is 9.67 Å². The first-order valence-corrected chi connectivity index (χ1v) is 10.1. The van der Waals surface area contributed by atoms with Crippen LogP contribution in [0.1, 0.15) is 41.7 Å². The molecule has 154 valence electrons. The van der Waals surface area contributed by atoms with Crippen LogP contribution in [0.15, 0.2) is 67.3 Å². The van der Waals surface area contributed by atoms with Crippen molar-refractivity contribution in [1.82, 2.24) is 24.6 Å². The number of carbonyl (C=O) groups excluding carboxylic acids is 2. The molecular formula is C23H25N5O2. The van der Waals surface area contributed by atoms with Gasteiger partial charge in [0, 0.05) is 19.2 Å². The SMILES string of the molecule is CC(c1ccc(-n2cncn2)cc1)N(C)C(=O)C1CCCN1C(=O)c1ccccc1. The maximum Gasteiger partial charge on any atom is 0.254 e. The minimum Gasteiger partial charge on any atom is -0.337 e. The molecule has 1 aliphatic rings. The van der Waals surface area contributed by atoms with Crippen LogP contribution >= 0.6 is 0 Å². The van der Waals surface area contributed by atoms with E-state index in [0.29, 0.717) is 18.5 Å². The van der Waals surface area contributed by atoms with Crippen molar-refractivity contribution in [2.75, 3.05) is 13.6 Å². The Kier molecular flexibility index (Phi) is 5.61. The number of aromatic nitrogens is 3. The second kappa shape index (κ2) is 8.49. The molecule has 0 N–H and O–H groups in total. The number of likely N-dealkylation sites (tertiary alicyclic amines) is 1. The summed E-state index contributed by atoms with van der Waals surface area (Å²) < 4.78 is 1.69. The minimum atomic E-state index is -0.417. The highest BCUT2D eigenvalue weighted by Crippen LogP contribution is 2.26. The van der Waals surface area contributed by atoms with Crippen LogP contribution in [0.3, 0.4) is 0 Å².